The van der Waals surface area contributed by atoms with E-state index in [0.29, 0.717) is 18.7 Å². The molecule has 0 fully saturated rings. The van der Waals surface area contributed by atoms with E-state index in [1.165, 1.54) is 20.2 Å². The number of ether oxygens (including phenoxy) is 1. The maximum Gasteiger partial charge on any atom is 0.387 e. The number of sulfonamides is 1. The number of alkyl halides is 2. The fraction of sp³-hybridized carbons (Fsp3) is 0.294. The summed E-state index contributed by atoms with van der Waals surface area (Å²) in [5.74, 6) is 0.137. The number of hydrogen-bond donors (Lipinski definition) is 1. The van der Waals surface area contributed by atoms with Crippen molar-refractivity contribution in [1.82, 2.24) is 9.62 Å². The molecule has 0 heterocycles. The molecule has 136 valence electrons. The Labute approximate surface area is 146 Å². The minimum absolute atomic E-state index is 0.137. The van der Waals surface area contributed by atoms with Gasteiger partial charge in [-0.15, -0.1) is 0 Å². The maximum atomic E-state index is 12.4. The van der Waals surface area contributed by atoms with Crippen LogP contribution in [-0.4, -0.2) is 33.4 Å². The number of nitrogens with one attached hydrogen (secondary N) is 1. The van der Waals surface area contributed by atoms with Crippen LogP contribution in [0.3, 0.4) is 0 Å². The summed E-state index contributed by atoms with van der Waals surface area (Å²) in [6.45, 7) is -2.06. The van der Waals surface area contributed by atoms with Gasteiger partial charge in [-0.05, 0) is 23.8 Å². The van der Waals surface area contributed by atoms with Crippen molar-refractivity contribution in [2.75, 3.05) is 14.1 Å². The molecule has 0 saturated carbocycles. The van der Waals surface area contributed by atoms with Crippen molar-refractivity contribution < 1.29 is 21.9 Å². The molecular formula is C17H20F2N2O3S. The smallest absolute Gasteiger partial charge is 0.387 e. The predicted octanol–water partition coefficient (Wildman–Crippen LogP) is 2.83. The van der Waals surface area contributed by atoms with Gasteiger partial charge in [0.05, 0.1) is 4.90 Å². The van der Waals surface area contributed by atoms with E-state index in [4.69, 9.17) is 0 Å². The number of rotatable bonds is 8. The molecule has 25 heavy (non-hydrogen) atoms. The Bertz CT molecular complexity index is 794. The third-order valence-corrected chi connectivity index (χ3v) is 5.36. The van der Waals surface area contributed by atoms with Crippen molar-refractivity contribution in [3.05, 3.63) is 59.7 Å². The first kappa shape index (κ1) is 19.3. The zero-order valence-corrected chi connectivity index (χ0v) is 14.8. The van der Waals surface area contributed by atoms with Gasteiger partial charge in [-0.3, -0.25) is 0 Å². The van der Waals surface area contributed by atoms with Crippen LogP contribution in [0.1, 0.15) is 11.1 Å². The lowest BCUT2D eigenvalue weighted by atomic mass is 10.2. The first-order valence-electron chi connectivity index (χ1n) is 7.55. The minimum atomic E-state index is -3.45. The van der Waals surface area contributed by atoms with E-state index in [1.54, 1.807) is 42.5 Å². The van der Waals surface area contributed by atoms with Crippen LogP contribution in [0.2, 0.25) is 0 Å². The molecule has 0 radical (unpaired) electrons. The van der Waals surface area contributed by atoms with E-state index < -0.39 is 16.6 Å². The Morgan fingerprint density at radius 2 is 1.68 bits per heavy atom. The average Bonchev–Trinajstić information content (AvgIpc) is 2.56. The van der Waals surface area contributed by atoms with Gasteiger partial charge < -0.3 is 10.1 Å². The first-order chi connectivity index (χ1) is 11.8. The summed E-state index contributed by atoms with van der Waals surface area (Å²) in [7, 11) is -0.497. The van der Waals surface area contributed by atoms with E-state index in [1.807, 2.05) is 0 Å². The van der Waals surface area contributed by atoms with Crippen LogP contribution in [-0.2, 0) is 23.1 Å². The highest BCUT2D eigenvalue weighted by Crippen LogP contribution is 2.20. The van der Waals surface area contributed by atoms with Crippen LogP contribution in [0.5, 0.6) is 5.75 Å². The number of hydrogen-bond acceptors (Lipinski definition) is 4. The number of halogens is 2. The highest BCUT2D eigenvalue weighted by Gasteiger charge is 2.16. The Morgan fingerprint density at radius 1 is 1.04 bits per heavy atom. The lowest BCUT2D eigenvalue weighted by Gasteiger charge is -2.13. The molecule has 0 aliphatic heterocycles. The molecular weight excluding hydrogens is 350 g/mol. The van der Waals surface area contributed by atoms with Gasteiger partial charge in [-0.2, -0.15) is 8.78 Å². The highest BCUT2D eigenvalue weighted by molar-refractivity contribution is 7.89. The summed E-state index contributed by atoms with van der Waals surface area (Å²) in [6.07, 6.45) is 0. The van der Waals surface area contributed by atoms with Gasteiger partial charge in [0.1, 0.15) is 5.75 Å². The number of benzene rings is 2. The zero-order valence-electron chi connectivity index (χ0n) is 13.9. The van der Waals surface area contributed by atoms with Gasteiger partial charge in [-0.1, -0.05) is 30.3 Å². The highest BCUT2D eigenvalue weighted by atomic mass is 32.2. The van der Waals surface area contributed by atoms with E-state index in [0.717, 1.165) is 9.87 Å². The Kier molecular flexibility index (Phi) is 6.46. The molecule has 0 bridgehead atoms. The molecule has 0 atom stereocenters. The summed E-state index contributed by atoms with van der Waals surface area (Å²) in [5.41, 5.74) is 1.50. The lowest BCUT2D eigenvalue weighted by Crippen LogP contribution is -2.22. The molecule has 8 heteroatoms. The average molecular weight is 370 g/mol. The van der Waals surface area contributed by atoms with Crippen LogP contribution in [0, 0.1) is 0 Å². The predicted molar refractivity (Wildman–Crippen MR) is 90.9 cm³/mol. The molecule has 0 aliphatic rings. The van der Waals surface area contributed by atoms with Crippen LogP contribution in [0.4, 0.5) is 8.78 Å². The Balaban J connectivity index is 1.97. The number of nitrogens with zero attached hydrogens (tertiary/aromatic N) is 1. The third-order valence-electron chi connectivity index (χ3n) is 3.54. The monoisotopic (exact) mass is 370 g/mol. The van der Waals surface area contributed by atoms with Gasteiger partial charge >= 0.3 is 6.61 Å². The molecule has 0 saturated heterocycles. The van der Waals surface area contributed by atoms with Gasteiger partial charge in [0.25, 0.3) is 0 Å². The van der Waals surface area contributed by atoms with Crippen LogP contribution < -0.4 is 10.1 Å². The van der Waals surface area contributed by atoms with Crippen molar-refractivity contribution in [2.45, 2.75) is 24.6 Å². The third kappa shape index (κ3) is 5.22. The van der Waals surface area contributed by atoms with Crippen molar-refractivity contribution >= 4 is 10.0 Å². The van der Waals surface area contributed by atoms with Gasteiger partial charge in [0, 0.05) is 32.7 Å². The summed E-state index contributed by atoms with van der Waals surface area (Å²) in [4.78, 5) is 0.219. The molecule has 2 aromatic rings. The first-order valence-corrected chi connectivity index (χ1v) is 8.99. The van der Waals surface area contributed by atoms with E-state index >= 15 is 0 Å². The van der Waals surface area contributed by atoms with Crippen LogP contribution in [0.25, 0.3) is 0 Å². The fourth-order valence-corrected chi connectivity index (χ4v) is 3.09. The molecule has 5 nitrogen and oxygen atoms in total. The molecule has 0 spiro atoms. The van der Waals surface area contributed by atoms with Crippen molar-refractivity contribution in [3.63, 3.8) is 0 Å². The SMILES string of the molecule is CN(C)S(=O)(=O)c1ccc(CNCc2ccccc2OC(F)F)cc1. The maximum absolute atomic E-state index is 12.4. The van der Waals surface area contributed by atoms with Crippen LogP contribution in [0.15, 0.2) is 53.4 Å². The Hall–Kier alpha value is -2.03. The molecule has 2 rings (SSSR count). The summed E-state index contributed by atoms with van der Waals surface area (Å²) in [6, 6.07) is 13.1. The molecule has 1 N–H and O–H groups in total. The summed E-state index contributed by atoms with van der Waals surface area (Å²) in [5, 5.41) is 3.13. The van der Waals surface area contributed by atoms with Crippen molar-refractivity contribution in [2.24, 2.45) is 0 Å². The Morgan fingerprint density at radius 3 is 2.28 bits per heavy atom. The largest absolute Gasteiger partial charge is 0.434 e. The summed E-state index contributed by atoms with van der Waals surface area (Å²) < 4.78 is 54.4. The molecule has 0 amide bonds. The second-order valence-corrected chi connectivity index (χ2v) is 7.67. The van der Waals surface area contributed by atoms with Gasteiger partial charge in [0.2, 0.25) is 10.0 Å². The standard InChI is InChI=1S/C17H20F2N2O3S/c1-21(2)25(22,23)15-9-7-13(8-10-15)11-20-12-14-5-3-4-6-16(14)24-17(18)19/h3-10,17,20H,11-12H2,1-2H3. The van der Waals surface area contributed by atoms with Gasteiger partial charge in [0.15, 0.2) is 0 Å². The quantitative estimate of drug-likeness (QED) is 0.776. The topological polar surface area (TPSA) is 58.6 Å². The van der Waals surface area contributed by atoms with Crippen molar-refractivity contribution in [3.8, 4) is 5.75 Å². The lowest BCUT2D eigenvalue weighted by molar-refractivity contribution is -0.0505. The molecule has 2 aromatic carbocycles. The van der Waals surface area contributed by atoms with E-state index in [9.17, 15) is 17.2 Å². The van der Waals surface area contributed by atoms with Crippen LogP contribution >= 0.6 is 0 Å². The summed E-state index contributed by atoms with van der Waals surface area (Å²) >= 11 is 0. The van der Waals surface area contributed by atoms with E-state index in [2.05, 4.69) is 10.1 Å². The minimum Gasteiger partial charge on any atom is -0.434 e. The van der Waals surface area contributed by atoms with Gasteiger partial charge in [-0.25, -0.2) is 12.7 Å². The second kappa shape index (κ2) is 8.37. The molecule has 0 aliphatic carbocycles. The van der Waals surface area contributed by atoms with E-state index in [-0.39, 0.29) is 10.6 Å². The molecule has 0 aromatic heterocycles. The fourth-order valence-electron chi connectivity index (χ4n) is 2.19. The van der Waals surface area contributed by atoms with Crippen molar-refractivity contribution in [1.29, 1.82) is 0 Å². The molecule has 0 unspecified atom stereocenters. The normalized spacial score (nSPS) is 11.9. The number of para-hydroxylation sites is 1. The second-order valence-electron chi connectivity index (χ2n) is 5.52. The zero-order chi connectivity index (χ0) is 18.4.